The van der Waals surface area contributed by atoms with Crippen LogP contribution in [0, 0.1) is 16.7 Å². The number of ketones is 1. The Morgan fingerprint density at radius 1 is 1.06 bits per heavy atom. The van der Waals surface area contributed by atoms with Gasteiger partial charge >= 0.3 is 0 Å². The first kappa shape index (κ1) is 22.9. The van der Waals surface area contributed by atoms with Gasteiger partial charge in [0.15, 0.2) is 0 Å². The van der Waals surface area contributed by atoms with Gasteiger partial charge in [0.05, 0.1) is 17.5 Å². The molecule has 0 saturated heterocycles. The summed E-state index contributed by atoms with van der Waals surface area (Å²) in [5.74, 6) is -1.29. The topological polar surface area (TPSA) is 102 Å². The van der Waals surface area contributed by atoms with Gasteiger partial charge < -0.3 is 5.73 Å². The van der Waals surface area contributed by atoms with E-state index in [2.05, 4.69) is 5.10 Å². The van der Waals surface area contributed by atoms with E-state index in [4.69, 9.17) is 17.3 Å². The van der Waals surface area contributed by atoms with Crippen molar-refractivity contribution in [3.05, 3.63) is 101 Å². The van der Waals surface area contributed by atoms with Gasteiger partial charge in [-0.3, -0.25) is 9.59 Å². The largest absolute Gasteiger partial charge is 0.368 e. The van der Waals surface area contributed by atoms with E-state index in [1.54, 1.807) is 40.7 Å². The van der Waals surface area contributed by atoms with Gasteiger partial charge in [0.25, 0.3) is 0 Å². The fourth-order valence-electron chi connectivity index (χ4n) is 4.29. The molecule has 2 N–H and O–H groups in total. The van der Waals surface area contributed by atoms with Crippen LogP contribution in [0.25, 0.3) is 16.9 Å². The number of nitrogens with zero attached hydrogens (tertiary/aromatic N) is 3. The molecule has 6 nitrogen and oxygen atoms in total. The van der Waals surface area contributed by atoms with Gasteiger partial charge in [-0.05, 0) is 29.8 Å². The van der Waals surface area contributed by atoms with Crippen molar-refractivity contribution < 1.29 is 9.59 Å². The van der Waals surface area contributed by atoms with Crippen LogP contribution in [0.1, 0.15) is 21.6 Å². The zero-order valence-corrected chi connectivity index (χ0v) is 20.0. The smallest absolute Gasteiger partial charge is 0.246 e. The van der Waals surface area contributed by atoms with Crippen molar-refractivity contribution in [1.29, 1.82) is 5.26 Å². The number of Topliss-reactive ketones (excluding diaryl/α,β-unsaturated/α-hetero) is 1. The van der Waals surface area contributed by atoms with E-state index in [9.17, 15) is 14.9 Å². The summed E-state index contributed by atoms with van der Waals surface area (Å²) in [7, 11) is 0. The van der Waals surface area contributed by atoms with E-state index < -0.39 is 17.1 Å². The molecule has 1 atom stereocenters. The molecule has 1 amide bonds. The lowest BCUT2D eigenvalue weighted by Crippen LogP contribution is -2.45. The Kier molecular flexibility index (Phi) is 5.93. The number of rotatable bonds is 6. The number of carbonyl (C=O) groups excluding carboxylic acids is 2. The molecule has 0 fully saturated rings. The summed E-state index contributed by atoms with van der Waals surface area (Å²) < 4.78 is 1.71. The van der Waals surface area contributed by atoms with Gasteiger partial charge in [0, 0.05) is 33.2 Å². The van der Waals surface area contributed by atoms with Gasteiger partial charge in [0.1, 0.15) is 5.69 Å². The highest BCUT2D eigenvalue weighted by molar-refractivity contribution is 7.98. The standard InChI is InChI=1S/C27H19ClN4O2S/c28-21-12-6-4-8-17(21)14-27(16-29,26(30)34)25(33)23-20-15-35-22-13-7-5-11-19(22)24(20)32(31-23)18-9-2-1-3-10-18/h1-13H,14-15H2,(H2,30,34). The van der Waals surface area contributed by atoms with Crippen LogP contribution in [-0.2, 0) is 17.0 Å². The average molecular weight is 499 g/mol. The second-order valence-corrected chi connectivity index (χ2v) is 9.61. The van der Waals surface area contributed by atoms with Gasteiger partial charge in [-0.2, -0.15) is 10.4 Å². The number of nitriles is 1. The van der Waals surface area contributed by atoms with Crippen molar-refractivity contribution in [2.75, 3.05) is 0 Å². The number of hydrogen-bond acceptors (Lipinski definition) is 5. The van der Waals surface area contributed by atoms with Crippen molar-refractivity contribution >= 4 is 35.1 Å². The lowest BCUT2D eigenvalue weighted by atomic mass is 9.76. The third kappa shape index (κ3) is 3.81. The number of benzene rings is 3. The molecule has 8 heteroatoms. The molecule has 35 heavy (non-hydrogen) atoms. The summed E-state index contributed by atoms with van der Waals surface area (Å²) in [6.45, 7) is 0. The molecule has 0 aliphatic carbocycles. The third-order valence-corrected chi connectivity index (χ3v) is 7.59. The maximum atomic E-state index is 14.0. The lowest BCUT2D eigenvalue weighted by molar-refractivity contribution is -0.122. The summed E-state index contributed by atoms with van der Waals surface area (Å²) in [5.41, 5.74) is 7.25. The van der Waals surface area contributed by atoms with E-state index in [-0.39, 0.29) is 12.1 Å². The predicted octanol–water partition coefficient (Wildman–Crippen LogP) is 5.22. The molecule has 1 aliphatic heterocycles. The molecular formula is C27H19ClN4O2S. The van der Waals surface area contributed by atoms with Crippen molar-refractivity contribution in [3.8, 4) is 23.0 Å². The Labute approximate surface area is 211 Å². The van der Waals surface area contributed by atoms with E-state index in [1.807, 2.05) is 60.7 Å². The molecule has 3 aromatic carbocycles. The Bertz CT molecular complexity index is 1510. The van der Waals surface area contributed by atoms with E-state index >= 15 is 0 Å². The average Bonchev–Trinajstić information content (AvgIpc) is 3.28. The van der Waals surface area contributed by atoms with Crippen LogP contribution in [0.4, 0.5) is 0 Å². The predicted molar refractivity (Wildman–Crippen MR) is 135 cm³/mol. The SMILES string of the molecule is N#CC(Cc1ccccc1Cl)(C(N)=O)C(=O)c1nn(-c2ccccc2)c2c1CSc1ccccc1-2. The molecule has 1 unspecified atom stereocenters. The van der Waals surface area contributed by atoms with Gasteiger partial charge in [-0.25, -0.2) is 4.68 Å². The van der Waals surface area contributed by atoms with E-state index in [0.29, 0.717) is 21.9 Å². The van der Waals surface area contributed by atoms with Crippen LogP contribution < -0.4 is 5.73 Å². The van der Waals surface area contributed by atoms with Crippen molar-refractivity contribution in [3.63, 3.8) is 0 Å². The van der Waals surface area contributed by atoms with E-state index in [0.717, 1.165) is 21.8 Å². The number of primary amides is 1. The minimum atomic E-state index is -2.16. The van der Waals surface area contributed by atoms with Crippen molar-refractivity contribution in [2.45, 2.75) is 17.1 Å². The number of nitrogens with two attached hydrogens (primary N) is 1. The minimum Gasteiger partial charge on any atom is -0.368 e. The first-order chi connectivity index (χ1) is 17.0. The zero-order chi connectivity index (χ0) is 24.6. The molecule has 4 aromatic rings. The maximum Gasteiger partial charge on any atom is 0.246 e. The lowest BCUT2D eigenvalue weighted by Gasteiger charge is -2.22. The number of thioether (sulfide) groups is 1. The Morgan fingerprint density at radius 3 is 2.46 bits per heavy atom. The number of carbonyl (C=O) groups is 2. The van der Waals surface area contributed by atoms with Crippen LogP contribution in [0.2, 0.25) is 5.02 Å². The molecular weight excluding hydrogens is 480 g/mol. The highest BCUT2D eigenvalue weighted by Crippen LogP contribution is 2.45. The zero-order valence-electron chi connectivity index (χ0n) is 18.4. The number of para-hydroxylation sites is 1. The van der Waals surface area contributed by atoms with E-state index in [1.165, 1.54) is 0 Å². The van der Waals surface area contributed by atoms with Crippen LogP contribution >= 0.6 is 23.4 Å². The Balaban J connectivity index is 1.72. The Hall–Kier alpha value is -3.86. The van der Waals surface area contributed by atoms with Crippen LogP contribution in [0.3, 0.4) is 0 Å². The van der Waals surface area contributed by atoms with Crippen LogP contribution in [0.5, 0.6) is 0 Å². The number of fused-ring (bicyclic) bond motifs is 3. The van der Waals surface area contributed by atoms with Crippen molar-refractivity contribution in [1.82, 2.24) is 9.78 Å². The highest BCUT2D eigenvalue weighted by atomic mass is 35.5. The molecule has 2 heterocycles. The number of hydrogen-bond donors (Lipinski definition) is 1. The summed E-state index contributed by atoms with van der Waals surface area (Å²) in [4.78, 5) is 27.8. The van der Waals surface area contributed by atoms with Crippen LogP contribution in [-0.4, -0.2) is 21.5 Å². The number of halogens is 1. The molecule has 0 spiro atoms. The molecule has 5 rings (SSSR count). The minimum absolute atomic E-state index is 0.0678. The fourth-order valence-corrected chi connectivity index (χ4v) is 5.57. The first-order valence-corrected chi connectivity index (χ1v) is 12.2. The highest BCUT2D eigenvalue weighted by Gasteiger charge is 2.48. The molecule has 1 aliphatic rings. The first-order valence-electron chi connectivity index (χ1n) is 10.8. The molecule has 1 aromatic heterocycles. The molecule has 0 bridgehead atoms. The monoisotopic (exact) mass is 498 g/mol. The van der Waals surface area contributed by atoms with Gasteiger partial charge in [0.2, 0.25) is 17.1 Å². The van der Waals surface area contributed by atoms with Gasteiger partial charge in [-0.15, -0.1) is 11.8 Å². The fraction of sp³-hybridized carbons (Fsp3) is 0.111. The maximum absolute atomic E-state index is 14.0. The molecule has 0 saturated carbocycles. The summed E-state index contributed by atoms with van der Waals surface area (Å²) in [6, 6.07) is 26.0. The van der Waals surface area contributed by atoms with Gasteiger partial charge in [-0.1, -0.05) is 66.2 Å². The van der Waals surface area contributed by atoms with Crippen molar-refractivity contribution in [2.24, 2.45) is 11.1 Å². The van der Waals surface area contributed by atoms with Crippen LogP contribution in [0.15, 0.2) is 83.8 Å². The normalized spacial score (nSPS) is 13.7. The summed E-state index contributed by atoms with van der Waals surface area (Å²) in [5, 5.41) is 15.2. The summed E-state index contributed by atoms with van der Waals surface area (Å²) >= 11 is 7.88. The molecule has 172 valence electrons. The number of amides is 1. The third-order valence-electron chi connectivity index (χ3n) is 6.13. The quantitative estimate of drug-likeness (QED) is 0.290. The Morgan fingerprint density at radius 2 is 1.74 bits per heavy atom. The second-order valence-electron chi connectivity index (χ2n) is 8.19. The second kappa shape index (κ2) is 9.06. The molecule has 0 radical (unpaired) electrons. The summed E-state index contributed by atoms with van der Waals surface area (Å²) in [6.07, 6.45) is -0.242. The number of aromatic nitrogens is 2.